The molecule has 7 nitrogen and oxygen atoms in total. The van der Waals surface area contributed by atoms with Crippen LogP contribution in [0, 0.1) is 11.3 Å². The minimum Gasteiger partial charge on any atom is -0.481 e. The van der Waals surface area contributed by atoms with Crippen LogP contribution in [0.25, 0.3) is 0 Å². The predicted molar refractivity (Wildman–Crippen MR) is 90.1 cm³/mol. The van der Waals surface area contributed by atoms with Crippen molar-refractivity contribution in [3.8, 4) is 0 Å². The number of aliphatic carboxylic acids is 1. The van der Waals surface area contributed by atoms with Crippen molar-refractivity contribution >= 4 is 11.9 Å². The van der Waals surface area contributed by atoms with Gasteiger partial charge in [-0.25, -0.2) is 9.97 Å². The van der Waals surface area contributed by atoms with Crippen molar-refractivity contribution in [2.24, 2.45) is 11.3 Å². The molecule has 1 saturated carbocycles. The van der Waals surface area contributed by atoms with Crippen LogP contribution in [0.5, 0.6) is 0 Å². The molecule has 2 N–H and O–H groups in total. The van der Waals surface area contributed by atoms with Gasteiger partial charge in [-0.3, -0.25) is 9.59 Å². The largest absolute Gasteiger partial charge is 0.481 e. The standard InChI is InChI=1S/C18H25N3O4/c1-11(2)15-19-7-5-13(20-15)16(23)21-8-6-14(22)18(10-21,17(24)25)9-12-3-4-12/h5,7,11-12,14,22H,3-4,6,8-10H2,1-2H3,(H,24,25)/t14-,18-/m1/s1. The van der Waals surface area contributed by atoms with Crippen molar-refractivity contribution in [3.63, 3.8) is 0 Å². The highest BCUT2D eigenvalue weighted by molar-refractivity contribution is 5.93. The lowest BCUT2D eigenvalue weighted by Crippen LogP contribution is -2.57. The molecule has 1 aliphatic heterocycles. The van der Waals surface area contributed by atoms with Gasteiger partial charge in [-0.15, -0.1) is 0 Å². The minimum atomic E-state index is -1.27. The minimum absolute atomic E-state index is 0.0276. The summed E-state index contributed by atoms with van der Waals surface area (Å²) in [5.74, 6) is -0.283. The molecule has 0 bridgehead atoms. The van der Waals surface area contributed by atoms with Crippen molar-refractivity contribution < 1.29 is 19.8 Å². The Balaban J connectivity index is 1.83. The highest BCUT2D eigenvalue weighted by Crippen LogP contribution is 2.45. The zero-order valence-corrected chi connectivity index (χ0v) is 14.7. The number of piperidine rings is 1. The first-order valence-corrected chi connectivity index (χ1v) is 8.87. The number of aromatic nitrogens is 2. The normalized spacial score (nSPS) is 26.7. The van der Waals surface area contributed by atoms with E-state index in [1.54, 1.807) is 12.3 Å². The van der Waals surface area contributed by atoms with E-state index in [-0.39, 0.29) is 30.5 Å². The second-order valence-corrected chi connectivity index (χ2v) is 7.59. The Labute approximate surface area is 147 Å². The molecule has 7 heteroatoms. The SMILES string of the molecule is CC(C)c1nccc(C(=O)N2CC[C@@H](O)[C@](CC3CC3)(C(=O)O)C2)n1. The molecule has 25 heavy (non-hydrogen) atoms. The third-order valence-electron chi connectivity index (χ3n) is 5.26. The zero-order valence-electron chi connectivity index (χ0n) is 14.7. The van der Waals surface area contributed by atoms with Gasteiger partial charge in [0.2, 0.25) is 0 Å². The van der Waals surface area contributed by atoms with Crippen molar-refractivity contribution in [3.05, 3.63) is 23.8 Å². The van der Waals surface area contributed by atoms with Gasteiger partial charge in [-0.05, 0) is 24.8 Å². The van der Waals surface area contributed by atoms with E-state index in [4.69, 9.17) is 0 Å². The van der Waals surface area contributed by atoms with E-state index in [0.29, 0.717) is 24.7 Å². The first-order chi connectivity index (χ1) is 11.8. The summed E-state index contributed by atoms with van der Waals surface area (Å²) in [4.78, 5) is 34.8. The van der Waals surface area contributed by atoms with Gasteiger partial charge in [0, 0.05) is 25.2 Å². The maximum Gasteiger partial charge on any atom is 0.314 e. The molecule has 1 aromatic rings. The Morgan fingerprint density at radius 2 is 2.08 bits per heavy atom. The summed E-state index contributed by atoms with van der Waals surface area (Å²) in [7, 11) is 0. The zero-order chi connectivity index (χ0) is 18.2. The number of hydrogen-bond donors (Lipinski definition) is 2. The van der Waals surface area contributed by atoms with E-state index in [1.807, 2.05) is 13.8 Å². The van der Waals surface area contributed by atoms with Crippen LogP contribution >= 0.6 is 0 Å². The van der Waals surface area contributed by atoms with Crippen molar-refractivity contribution in [2.45, 2.75) is 51.6 Å². The number of nitrogens with zero attached hydrogens (tertiary/aromatic N) is 3. The summed E-state index contributed by atoms with van der Waals surface area (Å²) in [5.41, 5.74) is -0.996. The molecule has 0 aromatic carbocycles. The fourth-order valence-electron chi connectivity index (χ4n) is 3.52. The number of carboxylic acids is 1. The lowest BCUT2D eigenvalue weighted by molar-refractivity contribution is -0.163. The van der Waals surface area contributed by atoms with Gasteiger partial charge in [-0.1, -0.05) is 26.7 Å². The highest BCUT2D eigenvalue weighted by Gasteiger charge is 2.52. The van der Waals surface area contributed by atoms with Gasteiger partial charge in [0.05, 0.1) is 6.10 Å². The average molecular weight is 347 g/mol. The Hall–Kier alpha value is -2.02. The van der Waals surface area contributed by atoms with Crippen LogP contribution in [-0.4, -0.2) is 56.2 Å². The molecule has 0 spiro atoms. The molecular formula is C18H25N3O4. The van der Waals surface area contributed by atoms with Crippen molar-refractivity contribution in [1.82, 2.24) is 14.9 Å². The molecule has 1 amide bonds. The summed E-state index contributed by atoms with van der Waals surface area (Å²) in [5, 5.41) is 20.2. The molecule has 0 unspecified atom stereocenters. The number of rotatable bonds is 5. The Kier molecular flexibility index (Phi) is 4.77. The molecule has 136 valence electrons. The fourth-order valence-corrected chi connectivity index (χ4v) is 3.52. The van der Waals surface area contributed by atoms with Crippen molar-refractivity contribution in [2.75, 3.05) is 13.1 Å². The van der Waals surface area contributed by atoms with Gasteiger partial charge in [0.1, 0.15) is 16.9 Å². The number of amides is 1. The molecule has 2 fully saturated rings. The maximum absolute atomic E-state index is 12.9. The number of carboxylic acid groups (broad SMARTS) is 1. The third kappa shape index (κ3) is 3.51. The molecule has 2 heterocycles. The van der Waals surface area contributed by atoms with Crippen LogP contribution in [0.1, 0.15) is 61.8 Å². The first-order valence-electron chi connectivity index (χ1n) is 8.87. The van der Waals surface area contributed by atoms with Gasteiger partial charge in [-0.2, -0.15) is 0 Å². The predicted octanol–water partition coefficient (Wildman–Crippen LogP) is 1.68. The van der Waals surface area contributed by atoms with Gasteiger partial charge < -0.3 is 15.1 Å². The second-order valence-electron chi connectivity index (χ2n) is 7.59. The Morgan fingerprint density at radius 3 is 2.68 bits per heavy atom. The van der Waals surface area contributed by atoms with E-state index in [1.165, 1.54) is 4.90 Å². The molecule has 2 atom stereocenters. The summed E-state index contributed by atoms with van der Waals surface area (Å²) >= 11 is 0. The van der Waals surface area contributed by atoms with Crippen LogP contribution in [0.15, 0.2) is 12.3 Å². The van der Waals surface area contributed by atoms with E-state index >= 15 is 0 Å². The van der Waals surface area contributed by atoms with E-state index < -0.39 is 17.5 Å². The molecule has 1 aliphatic carbocycles. The van der Waals surface area contributed by atoms with E-state index in [2.05, 4.69) is 9.97 Å². The van der Waals surface area contributed by atoms with Crippen LogP contribution in [0.4, 0.5) is 0 Å². The lowest BCUT2D eigenvalue weighted by Gasteiger charge is -2.43. The molecule has 0 radical (unpaired) electrons. The third-order valence-corrected chi connectivity index (χ3v) is 5.26. The quantitative estimate of drug-likeness (QED) is 0.840. The summed E-state index contributed by atoms with van der Waals surface area (Å²) in [6.07, 6.45) is 3.33. The molecule has 1 aromatic heterocycles. The first kappa shape index (κ1) is 17.8. The van der Waals surface area contributed by atoms with Gasteiger partial charge in [0.25, 0.3) is 5.91 Å². The van der Waals surface area contributed by atoms with Crippen LogP contribution in [0.2, 0.25) is 0 Å². The molecule has 2 aliphatic rings. The number of hydrogen-bond acceptors (Lipinski definition) is 5. The van der Waals surface area contributed by atoms with Gasteiger partial charge in [0.15, 0.2) is 0 Å². The van der Waals surface area contributed by atoms with Crippen LogP contribution in [-0.2, 0) is 4.79 Å². The van der Waals surface area contributed by atoms with Gasteiger partial charge >= 0.3 is 5.97 Å². The second kappa shape index (κ2) is 6.71. The Bertz CT molecular complexity index is 674. The summed E-state index contributed by atoms with van der Waals surface area (Å²) in [6.45, 7) is 4.26. The highest BCUT2D eigenvalue weighted by atomic mass is 16.4. The average Bonchev–Trinajstić information content (AvgIpc) is 3.40. The fraction of sp³-hybridized carbons (Fsp3) is 0.667. The van der Waals surface area contributed by atoms with E-state index in [9.17, 15) is 19.8 Å². The molecule has 3 rings (SSSR count). The lowest BCUT2D eigenvalue weighted by atomic mass is 9.73. The maximum atomic E-state index is 12.9. The van der Waals surface area contributed by atoms with Crippen molar-refractivity contribution in [1.29, 1.82) is 0 Å². The monoisotopic (exact) mass is 347 g/mol. The number of aliphatic hydroxyl groups is 1. The number of likely N-dealkylation sites (tertiary alicyclic amines) is 1. The Morgan fingerprint density at radius 1 is 1.36 bits per heavy atom. The van der Waals surface area contributed by atoms with E-state index in [0.717, 1.165) is 12.8 Å². The van der Waals surface area contributed by atoms with Crippen LogP contribution in [0.3, 0.4) is 0 Å². The molecular weight excluding hydrogens is 322 g/mol. The number of carbonyl (C=O) groups excluding carboxylic acids is 1. The topological polar surface area (TPSA) is 104 Å². The summed E-state index contributed by atoms with van der Waals surface area (Å²) in [6, 6.07) is 1.56. The molecule has 1 saturated heterocycles. The smallest absolute Gasteiger partial charge is 0.314 e. The van der Waals surface area contributed by atoms with Crippen LogP contribution < -0.4 is 0 Å². The summed E-state index contributed by atoms with van der Waals surface area (Å²) < 4.78 is 0. The number of aliphatic hydroxyl groups excluding tert-OH is 1. The number of carbonyl (C=O) groups is 2.